The lowest BCUT2D eigenvalue weighted by Crippen LogP contribution is -2.65. The van der Waals surface area contributed by atoms with Gasteiger partial charge in [0, 0.05) is 5.69 Å². The summed E-state index contributed by atoms with van der Waals surface area (Å²) in [5.74, 6) is 0. The quantitative estimate of drug-likeness (QED) is 0.232. The summed E-state index contributed by atoms with van der Waals surface area (Å²) in [7, 11) is 0. The molecule has 0 spiro atoms. The second-order valence-electron chi connectivity index (χ2n) is 7.07. The van der Waals surface area contributed by atoms with Crippen molar-refractivity contribution in [1.82, 2.24) is 0 Å². The van der Waals surface area contributed by atoms with Gasteiger partial charge in [0.25, 0.3) is 0 Å². The van der Waals surface area contributed by atoms with E-state index in [0.29, 0.717) is 5.69 Å². The number of para-hydroxylation sites is 1. The Kier molecular flexibility index (Phi) is 7.40. The monoisotopic (exact) mass is 417 g/mol. The van der Waals surface area contributed by atoms with Gasteiger partial charge in [0.2, 0.25) is 0 Å². The van der Waals surface area contributed by atoms with E-state index in [1.807, 2.05) is 0 Å². The highest BCUT2D eigenvalue weighted by molar-refractivity contribution is 5.43. The smallest absolute Gasteiger partial charge is 0.187 e. The maximum atomic E-state index is 10.5. The van der Waals surface area contributed by atoms with E-state index in [4.69, 9.17) is 14.2 Å². The predicted molar refractivity (Wildman–Crippen MR) is 96.5 cm³/mol. The number of rotatable bonds is 6. The summed E-state index contributed by atoms with van der Waals surface area (Å²) in [5.41, 5.74) is 0.619. The molecule has 0 bridgehead atoms. The van der Waals surface area contributed by atoms with Gasteiger partial charge in [0.1, 0.15) is 48.8 Å². The fraction of sp³-hybridized carbons (Fsp3) is 0.667. The van der Waals surface area contributed by atoms with Crippen LogP contribution < -0.4 is 5.32 Å². The molecule has 10 atom stereocenters. The Bertz CT molecular complexity index is 632. The highest BCUT2D eigenvalue weighted by atomic mass is 16.7. The lowest BCUT2D eigenvalue weighted by Gasteiger charge is -2.46. The molecule has 0 amide bonds. The molecule has 8 N–H and O–H groups in total. The van der Waals surface area contributed by atoms with Crippen LogP contribution in [-0.2, 0) is 14.2 Å². The van der Waals surface area contributed by atoms with Crippen LogP contribution in [0.4, 0.5) is 5.69 Å². The summed E-state index contributed by atoms with van der Waals surface area (Å²) in [6.45, 7) is -1.23. The third kappa shape index (κ3) is 4.70. The lowest BCUT2D eigenvalue weighted by atomic mass is 9.96. The first kappa shape index (κ1) is 22.3. The Balaban J connectivity index is 1.71. The number of hydrogen-bond acceptors (Lipinski definition) is 11. The number of ether oxygens (including phenoxy) is 3. The number of nitrogens with one attached hydrogen (secondary N) is 1. The molecule has 2 saturated heterocycles. The summed E-state index contributed by atoms with van der Waals surface area (Å²) in [5, 5.41) is 72.6. The van der Waals surface area contributed by atoms with E-state index >= 15 is 0 Å². The second-order valence-corrected chi connectivity index (χ2v) is 7.07. The van der Waals surface area contributed by atoms with E-state index in [0.717, 1.165) is 0 Å². The van der Waals surface area contributed by atoms with Crippen LogP contribution in [0.15, 0.2) is 30.3 Å². The minimum atomic E-state index is -1.70. The van der Waals surface area contributed by atoms with Crippen LogP contribution >= 0.6 is 0 Å². The predicted octanol–water partition coefficient (Wildman–Crippen LogP) is -3.28. The fourth-order valence-corrected chi connectivity index (χ4v) is 3.41. The van der Waals surface area contributed by atoms with Crippen LogP contribution in [0.2, 0.25) is 0 Å². The summed E-state index contributed by atoms with van der Waals surface area (Å²) < 4.78 is 16.4. The molecule has 164 valence electrons. The number of aliphatic hydroxyl groups excluding tert-OH is 7. The zero-order chi connectivity index (χ0) is 21.1. The van der Waals surface area contributed by atoms with Crippen molar-refractivity contribution >= 4 is 5.69 Å². The summed E-state index contributed by atoms with van der Waals surface area (Å²) >= 11 is 0. The number of benzene rings is 1. The van der Waals surface area contributed by atoms with E-state index in [-0.39, 0.29) is 0 Å². The minimum Gasteiger partial charge on any atom is -0.394 e. The zero-order valence-corrected chi connectivity index (χ0v) is 15.4. The standard InChI is InChI=1S/C18H27NO10/c20-6-9-11(22)12(23)15(26)18(28-9)29-16-10(7-21)27-17(14(25)13(16)24)19-8-4-2-1-3-5-8/h1-5,9-26H,6-7H2/t9-,10-,11+,12+,13-,14-,15-,16-,17+,18-/m1/s1. The molecule has 0 aliphatic carbocycles. The summed E-state index contributed by atoms with van der Waals surface area (Å²) in [6, 6.07) is 8.80. The van der Waals surface area contributed by atoms with Gasteiger partial charge < -0.3 is 55.3 Å². The van der Waals surface area contributed by atoms with E-state index in [9.17, 15) is 35.7 Å². The van der Waals surface area contributed by atoms with Gasteiger partial charge in [-0.25, -0.2) is 0 Å². The van der Waals surface area contributed by atoms with Gasteiger partial charge in [-0.3, -0.25) is 0 Å². The first-order chi connectivity index (χ1) is 13.9. The number of aliphatic hydroxyl groups is 7. The Morgan fingerprint density at radius 3 is 2.03 bits per heavy atom. The molecule has 3 rings (SSSR count). The first-order valence-corrected chi connectivity index (χ1v) is 9.27. The van der Waals surface area contributed by atoms with Crippen LogP contribution in [0.25, 0.3) is 0 Å². The Hall–Kier alpha value is -1.38. The molecular formula is C18H27NO10. The molecule has 1 aromatic carbocycles. The van der Waals surface area contributed by atoms with Gasteiger partial charge in [-0.2, -0.15) is 0 Å². The van der Waals surface area contributed by atoms with E-state index in [1.165, 1.54) is 0 Å². The molecule has 0 unspecified atom stereocenters. The molecular weight excluding hydrogens is 390 g/mol. The minimum absolute atomic E-state index is 0.584. The van der Waals surface area contributed by atoms with Crippen molar-refractivity contribution < 1.29 is 50.0 Å². The average molecular weight is 417 g/mol. The van der Waals surface area contributed by atoms with Crippen molar-refractivity contribution in [3.8, 4) is 0 Å². The van der Waals surface area contributed by atoms with Gasteiger partial charge in [0.05, 0.1) is 13.2 Å². The maximum absolute atomic E-state index is 10.5. The Morgan fingerprint density at radius 2 is 1.41 bits per heavy atom. The van der Waals surface area contributed by atoms with Crippen LogP contribution in [-0.4, -0.2) is 110 Å². The highest BCUT2D eigenvalue weighted by Crippen LogP contribution is 2.29. The molecule has 11 nitrogen and oxygen atoms in total. The van der Waals surface area contributed by atoms with Gasteiger partial charge in [-0.15, -0.1) is 0 Å². The molecule has 29 heavy (non-hydrogen) atoms. The van der Waals surface area contributed by atoms with Crippen molar-refractivity contribution in [2.45, 2.75) is 61.3 Å². The molecule has 2 aliphatic heterocycles. The first-order valence-electron chi connectivity index (χ1n) is 9.27. The van der Waals surface area contributed by atoms with E-state index in [1.54, 1.807) is 30.3 Å². The lowest BCUT2D eigenvalue weighted by molar-refractivity contribution is -0.340. The fourth-order valence-electron chi connectivity index (χ4n) is 3.41. The molecule has 11 heteroatoms. The molecule has 1 aromatic rings. The molecule has 2 aliphatic rings. The van der Waals surface area contributed by atoms with Gasteiger partial charge in [-0.05, 0) is 12.1 Å². The largest absolute Gasteiger partial charge is 0.394 e. The SMILES string of the molecule is OC[C@H]1O[C@H](O[C@H]2[C@H](O)[C@@H](O)[C@@H](Nc3ccccc3)O[C@@H]2CO)[C@H](O)[C@@H](O)[C@H]1O. The van der Waals surface area contributed by atoms with Gasteiger partial charge in [0.15, 0.2) is 12.5 Å². The van der Waals surface area contributed by atoms with E-state index < -0.39 is 74.6 Å². The Labute approximate surface area is 166 Å². The second kappa shape index (κ2) is 9.62. The van der Waals surface area contributed by atoms with Gasteiger partial charge >= 0.3 is 0 Å². The third-order valence-corrected chi connectivity index (χ3v) is 5.09. The maximum Gasteiger partial charge on any atom is 0.187 e. The normalized spacial score (nSPS) is 43.1. The van der Waals surface area contributed by atoms with Crippen molar-refractivity contribution in [3.63, 3.8) is 0 Å². The molecule has 0 aromatic heterocycles. The Morgan fingerprint density at radius 1 is 0.759 bits per heavy atom. The van der Waals surface area contributed by atoms with Gasteiger partial charge in [-0.1, -0.05) is 18.2 Å². The zero-order valence-electron chi connectivity index (χ0n) is 15.4. The van der Waals surface area contributed by atoms with Crippen LogP contribution in [0.1, 0.15) is 0 Å². The number of anilines is 1. The summed E-state index contributed by atoms with van der Waals surface area (Å²) in [4.78, 5) is 0. The third-order valence-electron chi connectivity index (χ3n) is 5.09. The van der Waals surface area contributed by atoms with Crippen LogP contribution in [0.5, 0.6) is 0 Å². The van der Waals surface area contributed by atoms with Crippen molar-refractivity contribution in [3.05, 3.63) is 30.3 Å². The molecule has 2 fully saturated rings. The average Bonchev–Trinajstić information content (AvgIpc) is 2.74. The number of hydrogen-bond donors (Lipinski definition) is 8. The van der Waals surface area contributed by atoms with Crippen molar-refractivity contribution in [2.24, 2.45) is 0 Å². The van der Waals surface area contributed by atoms with Crippen molar-refractivity contribution in [2.75, 3.05) is 18.5 Å². The molecule has 2 heterocycles. The van der Waals surface area contributed by atoms with Crippen LogP contribution in [0.3, 0.4) is 0 Å². The molecule has 0 saturated carbocycles. The summed E-state index contributed by atoms with van der Waals surface area (Å²) in [6.07, 6.45) is -14.2. The van der Waals surface area contributed by atoms with Crippen LogP contribution in [0, 0.1) is 0 Å². The molecule has 0 radical (unpaired) electrons. The van der Waals surface area contributed by atoms with E-state index in [2.05, 4.69) is 5.32 Å². The topological polar surface area (TPSA) is 181 Å². The highest BCUT2D eigenvalue weighted by Gasteiger charge is 2.50. The van der Waals surface area contributed by atoms with Crippen molar-refractivity contribution in [1.29, 1.82) is 0 Å².